The van der Waals surface area contributed by atoms with Crippen LogP contribution < -0.4 is 10.6 Å². The number of aliphatic carboxylic acids is 1. The number of carboxylic acids is 1. The molecule has 2 amide bonds. The van der Waals surface area contributed by atoms with Crippen molar-refractivity contribution in [2.24, 2.45) is 0 Å². The highest BCUT2D eigenvalue weighted by molar-refractivity contribution is 5.91. The van der Waals surface area contributed by atoms with Gasteiger partial charge in [0, 0.05) is 0 Å². The quantitative estimate of drug-likeness (QED) is 0.666. The van der Waals surface area contributed by atoms with E-state index in [1.807, 2.05) is 12.1 Å². The molecule has 0 spiro atoms. The van der Waals surface area contributed by atoms with E-state index in [1.54, 1.807) is 48.5 Å². The molecule has 2 aromatic rings. The van der Waals surface area contributed by atoms with E-state index in [0.29, 0.717) is 0 Å². The summed E-state index contributed by atoms with van der Waals surface area (Å²) >= 11 is 0. The number of carbonyl (C=O) groups excluding carboxylic acids is 2. The molecule has 130 valence electrons. The number of hydrogen-bond donors (Lipinski definition) is 3. The lowest BCUT2D eigenvalue weighted by atomic mass is 10.1. The average Bonchev–Trinajstić information content (AvgIpc) is 2.56. The second-order valence-electron chi connectivity index (χ2n) is 5.85. The van der Waals surface area contributed by atoms with Gasteiger partial charge in [-0.05, 0) is 18.1 Å². The summed E-state index contributed by atoms with van der Waals surface area (Å²) < 4.78 is 0. The first-order chi connectivity index (χ1) is 11.9. The minimum atomic E-state index is -1.88. The van der Waals surface area contributed by atoms with Gasteiger partial charge in [0.25, 0.3) is 0 Å². The number of amides is 2. The molecule has 25 heavy (non-hydrogen) atoms. The van der Waals surface area contributed by atoms with Crippen LogP contribution in [0.4, 0.5) is 0 Å². The number of benzene rings is 2. The van der Waals surface area contributed by atoms with E-state index in [9.17, 15) is 19.5 Å². The van der Waals surface area contributed by atoms with Crippen LogP contribution in [-0.4, -0.2) is 28.6 Å². The molecule has 0 atom stereocenters. The lowest BCUT2D eigenvalue weighted by molar-refractivity contribution is -0.150. The van der Waals surface area contributed by atoms with Gasteiger partial charge >= 0.3 is 5.97 Å². The predicted octanol–water partition coefficient (Wildman–Crippen LogP) is 1.50. The van der Waals surface area contributed by atoms with Gasteiger partial charge in [0.2, 0.25) is 17.5 Å². The van der Waals surface area contributed by atoms with Crippen LogP contribution in [0.2, 0.25) is 0 Å². The largest absolute Gasteiger partial charge is 0.478 e. The van der Waals surface area contributed by atoms with E-state index in [-0.39, 0.29) is 12.8 Å². The third-order valence-corrected chi connectivity index (χ3v) is 3.62. The third-order valence-electron chi connectivity index (χ3n) is 3.62. The number of carbonyl (C=O) groups is 3. The maximum atomic E-state index is 12.1. The number of carboxylic acid groups (broad SMARTS) is 1. The number of rotatable bonds is 7. The Bertz CT molecular complexity index is 689. The van der Waals surface area contributed by atoms with Gasteiger partial charge in [0.15, 0.2) is 0 Å². The zero-order valence-corrected chi connectivity index (χ0v) is 13.9. The van der Waals surface area contributed by atoms with Gasteiger partial charge in [-0.2, -0.15) is 0 Å². The standard InChI is InChI=1S/C19H20N2O4/c1-19(18(24)25,20-16(22)12-14-8-4-2-5-9-14)21-17(23)13-15-10-6-3-7-11-15/h2-11H,12-13H2,1H3,(H,20,22)(H,21,23)(H,24,25). The molecule has 6 nitrogen and oxygen atoms in total. The van der Waals surface area contributed by atoms with Crippen LogP contribution in [-0.2, 0) is 27.2 Å². The first-order valence-corrected chi connectivity index (χ1v) is 7.82. The molecule has 0 heterocycles. The fraction of sp³-hybridized carbons (Fsp3) is 0.211. The topological polar surface area (TPSA) is 95.5 Å². The van der Waals surface area contributed by atoms with E-state index in [1.165, 1.54) is 6.92 Å². The molecule has 0 aliphatic heterocycles. The minimum absolute atomic E-state index is 0.0261. The molecule has 0 bridgehead atoms. The van der Waals surface area contributed by atoms with Crippen molar-refractivity contribution in [2.45, 2.75) is 25.4 Å². The Morgan fingerprint density at radius 2 is 1.16 bits per heavy atom. The van der Waals surface area contributed by atoms with Crippen molar-refractivity contribution in [1.29, 1.82) is 0 Å². The fourth-order valence-corrected chi connectivity index (χ4v) is 2.35. The summed E-state index contributed by atoms with van der Waals surface area (Å²) in [5, 5.41) is 14.2. The van der Waals surface area contributed by atoms with Crippen LogP contribution in [0.3, 0.4) is 0 Å². The molecular formula is C19H20N2O4. The Morgan fingerprint density at radius 3 is 1.48 bits per heavy atom. The normalized spacial score (nSPS) is 10.8. The SMILES string of the molecule is CC(NC(=O)Cc1ccccc1)(NC(=O)Cc1ccccc1)C(=O)O. The van der Waals surface area contributed by atoms with Crippen LogP contribution in [0, 0.1) is 0 Å². The Hall–Kier alpha value is -3.15. The number of nitrogens with one attached hydrogen (secondary N) is 2. The zero-order valence-electron chi connectivity index (χ0n) is 13.9. The first kappa shape index (κ1) is 18.2. The molecule has 6 heteroatoms. The highest BCUT2D eigenvalue weighted by Crippen LogP contribution is 2.06. The maximum absolute atomic E-state index is 12.1. The van der Waals surface area contributed by atoms with E-state index < -0.39 is 23.4 Å². The van der Waals surface area contributed by atoms with Crippen LogP contribution in [0.5, 0.6) is 0 Å². The van der Waals surface area contributed by atoms with E-state index in [4.69, 9.17) is 0 Å². The molecule has 3 N–H and O–H groups in total. The van der Waals surface area contributed by atoms with E-state index in [2.05, 4.69) is 10.6 Å². The van der Waals surface area contributed by atoms with Crippen LogP contribution in [0.1, 0.15) is 18.1 Å². The second kappa shape index (κ2) is 8.10. The Morgan fingerprint density at radius 1 is 0.800 bits per heavy atom. The molecule has 0 aliphatic carbocycles. The van der Waals surface area contributed by atoms with Crippen LogP contribution in [0.25, 0.3) is 0 Å². The van der Waals surface area contributed by atoms with Crippen LogP contribution >= 0.6 is 0 Å². The van der Waals surface area contributed by atoms with Gasteiger partial charge in [-0.1, -0.05) is 60.7 Å². The summed E-state index contributed by atoms with van der Waals surface area (Å²) in [6.07, 6.45) is 0.0521. The smallest absolute Gasteiger partial charge is 0.350 e. The average molecular weight is 340 g/mol. The molecule has 2 rings (SSSR count). The summed E-state index contributed by atoms with van der Waals surface area (Å²) in [6, 6.07) is 17.9. The summed E-state index contributed by atoms with van der Waals surface area (Å²) in [5.41, 5.74) is -0.371. The van der Waals surface area contributed by atoms with Crippen molar-refractivity contribution < 1.29 is 19.5 Å². The molecule has 0 unspecified atom stereocenters. The van der Waals surface area contributed by atoms with E-state index >= 15 is 0 Å². The van der Waals surface area contributed by atoms with Gasteiger partial charge < -0.3 is 15.7 Å². The van der Waals surface area contributed by atoms with Gasteiger partial charge in [0.05, 0.1) is 12.8 Å². The van der Waals surface area contributed by atoms with Crippen molar-refractivity contribution in [3.05, 3.63) is 71.8 Å². The van der Waals surface area contributed by atoms with Crippen LogP contribution in [0.15, 0.2) is 60.7 Å². The molecule has 0 aliphatic rings. The molecule has 0 aromatic heterocycles. The highest BCUT2D eigenvalue weighted by atomic mass is 16.4. The van der Waals surface area contributed by atoms with Gasteiger partial charge in [-0.3, -0.25) is 9.59 Å². The molecule has 2 aromatic carbocycles. The van der Waals surface area contributed by atoms with E-state index in [0.717, 1.165) is 11.1 Å². The third kappa shape index (κ3) is 5.46. The van der Waals surface area contributed by atoms with Gasteiger partial charge in [-0.15, -0.1) is 0 Å². The molecule has 0 saturated heterocycles. The molecular weight excluding hydrogens is 320 g/mol. The zero-order chi connectivity index (χ0) is 18.3. The first-order valence-electron chi connectivity index (χ1n) is 7.82. The van der Waals surface area contributed by atoms with Crippen molar-refractivity contribution in [2.75, 3.05) is 0 Å². The predicted molar refractivity (Wildman–Crippen MR) is 92.6 cm³/mol. The minimum Gasteiger partial charge on any atom is -0.478 e. The molecule has 0 fully saturated rings. The molecule has 0 saturated carbocycles. The Balaban J connectivity index is 2.00. The van der Waals surface area contributed by atoms with Crippen molar-refractivity contribution >= 4 is 17.8 Å². The van der Waals surface area contributed by atoms with Crippen molar-refractivity contribution in [3.63, 3.8) is 0 Å². The molecule has 0 radical (unpaired) electrons. The highest BCUT2D eigenvalue weighted by Gasteiger charge is 2.36. The summed E-state index contributed by atoms with van der Waals surface area (Å²) in [4.78, 5) is 35.9. The lowest BCUT2D eigenvalue weighted by Crippen LogP contribution is -2.64. The lowest BCUT2D eigenvalue weighted by Gasteiger charge is -2.27. The summed E-state index contributed by atoms with van der Waals surface area (Å²) in [7, 11) is 0. The fourth-order valence-electron chi connectivity index (χ4n) is 2.35. The number of hydrogen-bond acceptors (Lipinski definition) is 3. The van der Waals surface area contributed by atoms with Gasteiger partial charge in [0.1, 0.15) is 0 Å². The Labute approximate surface area is 145 Å². The monoisotopic (exact) mass is 340 g/mol. The Kier molecular flexibility index (Phi) is 5.89. The van der Waals surface area contributed by atoms with Crippen molar-refractivity contribution in [3.8, 4) is 0 Å². The summed E-state index contributed by atoms with van der Waals surface area (Å²) in [6.45, 7) is 1.25. The van der Waals surface area contributed by atoms with Gasteiger partial charge in [-0.25, -0.2) is 4.79 Å². The van der Waals surface area contributed by atoms with Crippen molar-refractivity contribution in [1.82, 2.24) is 10.6 Å². The summed E-state index contributed by atoms with van der Waals surface area (Å²) in [5.74, 6) is -2.32. The second-order valence-corrected chi connectivity index (χ2v) is 5.85. The maximum Gasteiger partial charge on any atom is 0.350 e.